The van der Waals surface area contributed by atoms with Gasteiger partial charge in [-0.25, -0.2) is 4.98 Å². The summed E-state index contributed by atoms with van der Waals surface area (Å²) in [5.74, 6) is 0.939. The standard InChI is InChI=1S/C58H52N3OS.Pt/c1-56(2,3)37-28-26-36(27-29-37)40-30-31-59-51-45-34-44(41-21-13-14-22-43(41)53(45)63-54(40)51)42-23-17-25-49-50(42)60-55(46-32-38(57(4,5)6)33-47(52(46)62)58(7,8)9)61(49)48-24-16-15-20-39(48)35-18-11-10-12-19-35;/h10-33,62H,1-9H3;/q-1;. The van der Waals surface area contributed by atoms with Crippen molar-refractivity contribution in [1.29, 1.82) is 0 Å². The van der Waals surface area contributed by atoms with E-state index in [2.05, 4.69) is 212 Å². The molecule has 1 N–H and O–H groups in total. The maximum atomic E-state index is 12.5. The molecule has 0 unspecified atom stereocenters. The molecule has 0 radical (unpaired) electrons. The van der Waals surface area contributed by atoms with Crippen molar-refractivity contribution in [2.75, 3.05) is 0 Å². The van der Waals surface area contributed by atoms with Crippen LogP contribution in [0.1, 0.15) is 79.0 Å². The van der Waals surface area contributed by atoms with Crippen molar-refractivity contribution in [2.24, 2.45) is 0 Å². The summed E-state index contributed by atoms with van der Waals surface area (Å²) in [6.45, 7) is 19.9. The van der Waals surface area contributed by atoms with Crippen LogP contribution in [0.25, 0.3) is 92.6 Å². The number of rotatable bonds is 5. The van der Waals surface area contributed by atoms with Crippen LogP contribution in [0.3, 0.4) is 0 Å². The number of aromatic nitrogens is 3. The Hall–Kier alpha value is -5.87. The first-order valence-electron chi connectivity index (χ1n) is 21.9. The number of nitrogens with zero attached hydrogens (tertiary/aromatic N) is 3. The van der Waals surface area contributed by atoms with Crippen LogP contribution in [-0.2, 0) is 37.3 Å². The van der Waals surface area contributed by atoms with Crippen LogP contribution in [0, 0.1) is 6.07 Å². The molecule has 10 rings (SSSR count). The van der Waals surface area contributed by atoms with E-state index in [9.17, 15) is 5.11 Å². The molecule has 0 saturated carbocycles. The molecule has 3 heterocycles. The van der Waals surface area contributed by atoms with E-state index >= 15 is 0 Å². The van der Waals surface area contributed by atoms with Crippen molar-refractivity contribution in [3.05, 3.63) is 168 Å². The zero-order chi connectivity index (χ0) is 44.0. The van der Waals surface area contributed by atoms with Gasteiger partial charge in [-0.05, 0) is 73.0 Å². The Morgan fingerprint density at radius 3 is 1.89 bits per heavy atom. The molecule has 0 atom stereocenters. The molecule has 10 aromatic rings. The van der Waals surface area contributed by atoms with E-state index in [0.29, 0.717) is 11.4 Å². The van der Waals surface area contributed by atoms with Gasteiger partial charge in [0, 0.05) is 48.6 Å². The molecule has 7 aromatic carbocycles. The monoisotopic (exact) mass is 1030 g/mol. The predicted molar refractivity (Wildman–Crippen MR) is 268 cm³/mol. The third kappa shape index (κ3) is 7.37. The summed E-state index contributed by atoms with van der Waals surface area (Å²) in [4.78, 5) is 10.7. The number of phenolic OH excluding ortho intramolecular Hbond substituents is 1. The third-order valence-electron chi connectivity index (χ3n) is 12.5. The van der Waals surface area contributed by atoms with Crippen LogP contribution in [0.15, 0.2) is 146 Å². The molecule has 64 heavy (non-hydrogen) atoms. The van der Waals surface area contributed by atoms with E-state index in [1.807, 2.05) is 6.20 Å². The largest absolute Gasteiger partial charge is 0.507 e. The number of hydrogen-bond donors (Lipinski definition) is 1. The van der Waals surface area contributed by atoms with Crippen LogP contribution in [-0.4, -0.2) is 19.6 Å². The van der Waals surface area contributed by atoms with E-state index in [0.717, 1.165) is 76.5 Å². The Morgan fingerprint density at radius 2 is 1.19 bits per heavy atom. The normalized spacial score (nSPS) is 12.4. The molecule has 0 amide bonds. The van der Waals surface area contributed by atoms with Gasteiger partial charge < -0.3 is 5.11 Å². The Bertz CT molecular complexity index is 3400. The second-order valence-corrected chi connectivity index (χ2v) is 21.0. The van der Waals surface area contributed by atoms with E-state index in [-0.39, 0.29) is 43.1 Å². The molecule has 6 heteroatoms. The summed E-state index contributed by atoms with van der Waals surface area (Å²) >= 11 is 1.80. The van der Waals surface area contributed by atoms with Gasteiger partial charge >= 0.3 is 0 Å². The van der Waals surface area contributed by atoms with E-state index in [4.69, 9.17) is 9.97 Å². The van der Waals surface area contributed by atoms with E-state index in [1.165, 1.54) is 21.4 Å². The number of phenols is 1. The number of para-hydroxylation sites is 2. The van der Waals surface area contributed by atoms with Crippen molar-refractivity contribution < 1.29 is 26.2 Å². The van der Waals surface area contributed by atoms with Gasteiger partial charge in [0.05, 0.1) is 22.3 Å². The van der Waals surface area contributed by atoms with Crippen molar-refractivity contribution >= 4 is 53.4 Å². The van der Waals surface area contributed by atoms with E-state index in [1.54, 1.807) is 11.3 Å². The summed E-state index contributed by atoms with van der Waals surface area (Å²) < 4.78 is 4.58. The summed E-state index contributed by atoms with van der Waals surface area (Å²) in [6, 6.07) is 53.6. The Balaban J connectivity index is 0.00000518. The zero-order valence-corrected chi connectivity index (χ0v) is 41.0. The minimum Gasteiger partial charge on any atom is -0.507 e. The van der Waals surface area contributed by atoms with Gasteiger partial charge in [0.1, 0.15) is 11.6 Å². The minimum absolute atomic E-state index is 0. The van der Waals surface area contributed by atoms with E-state index < -0.39 is 0 Å². The SMILES string of the molecule is CC(C)(C)c1ccc(-c2ccnc3c2sc2c3[c-]c(-c3cccc4c3nc(-c3cc(C(C)(C)C)cc(C(C)(C)C)c3O)n4-c3ccccc3-c3ccccc3)c3ccccc32)cc1.[Pt]. The molecule has 0 fully saturated rings. The molecule has 4 nitrogen and oxygen atoms in total. The van der Waals surface area contributed by atoms with Gasteiger partial charge in [0.25, 0.3) is 0 Å². The van der Waals surface area contributed by atoms with Gasteiger partial charge in [-0.2, -0.15) is 11.3 Å². The number of fused-ring (bicyclic) bond motifs is 6. The smallest absolute Gasteiger partial charge is 0.148 e. The van der Waals surface area contributed by atoms with Gasteiger partial charge in [0.2, 0.25) is 0 Å². The summed E-state index contributed by atoms with van der Waals surface area (Å²) in [5, 5.41) is 15.7. The van der Waals surface area contributed by atoms with Crippen LogP contribution >= 0.6 is 11.3 Å². The van der Waals surface area contributed by atoms with Crippen molar-refractivity contribution in [1.82, 2.24) is 14.5 Å². The van der Waals surface area contributed by atoms with Crippen LogP contribution in [0.2, 0.25) is 0 Å². The topological polar surface area (TPSA) is 50.9 Å². The van der Waals surface area contributed by atoms with Crippen molar-refractivity contribution in [2.45, 2.75) is 78.6 Å². The quantitative estimate of drug-likeness (QED) is 0.175. The Kier molecular flexibility index (Phi) is 10.8. The Morgan fingerprint density at radius 1 is 0.547 bits per heavy atom. The molecule has 0 saturated heterocycles. The van der Waals surface area contributed by atoms with Crippen LogP contribution in [0.4, 0.5) is 0 Å². The average Bonchev–Trinajstić information content (AvgIpc) is 3.85. The third-order valence-corrected chi connectivity index (χ3v) is 13.8. The number of imidazole rings is 1. The minimum atomic E-state index is -0.319. The number of thiophene rings is 1. The number of benzene rings is 7. The van der Waals surface area contributed by atoms with Crippen LogP contribution < -0.4 is 0 Å². The first kappa shape index (κ1) is 43.4. The number of hydrogen-bond acceptors (Lipinski definition) is 4. The van der Waals surface area contributed by atoms with Crippen LogP contribution in [0.5, 0.6) is 5.75 Å². The van der Waals surface area contributed by atoms with Crippen molar-refractivity contribution in [3.8, 4) is 56.2 Å². The van der Waals surface area contributed by atoms with Gasteiger partial charge in [-0.1, -0.05) is 199 Å². The Labute approximate surface area is 395 Å². The molecule has 3 aromatic heterocycles. The zero-order valence-electron chi connectivity index (χ0n) is 37.9. The number of pyridine rings is 1. The van der Waals surface area contributed by atoms with Gasteiger partial charge in [0.15, 0.2) is 0 Å². The van der Waals surface area contributed by atoms with Crippen molar-refractivity contribution in [3.63, 3.8) is 0 Å². The molecule has 322 valence electrons. The first-order chi connectivity index (χ1) is 30.1. The average molecular weight is 1030 g/mol. The van der Waals surface area contributed by atoms with Gasteiger partial charge in [-0.15, -0.1) is 11.6 Å². The second kappa shape index (κ2) is 16.0. The summed E-state index contributed by atoms with van der Waals surface area (Å²) in [7, 11) is 0. The molecule has 0 aliphatic carbocycles. The molecule has 0 aliphatic heterocycles. The molecule has 0 aliphatic rings. The molecular formula is C58H52N3OPtS-. The maximum absolute atomic E-state index is 12.5. The summed E-state index contributed by atoms with van der Waals surface area (Å²) in [5.41, 5.74) is 13.8. The fourth-order valence-corrected chi connectivity index (χ4v) is 10.3. The molecule has 0 bridgehead atoms. The fraction of sp³-hybridized carbons (Fsp3) is 0.207. The molecule has 0 spiro atoms. The summed E-state index contributed by atoms with van der Waals surface area (Å²) in [6.07, 6.45) is 1.94. The van der Waals surface area contributed by atoms with Gasteiger partial charge in [-0.3, -0.25) is 9.55 Å². The first-order valence-corrected chi connectivity index (χ1v) is 22.7. The number of aromatic hydroxyl groups is 1. The maximum Gasteiger partial charge on any atom is 0.148 e. The molecular weight excluding hydrogens is 982 g/mol. The predicted octanol–water partition coefficient (Wildman–Crippen LogP) is 16.0. The second-order valence-electron chi connectivity index (χ2n) is 20.0. The fourth-order valence-electron chi connectivity index (χ4n) is 9.04.